The van der Waals surface area contributed by atoms with Crippen molar-refractivity contribution in [2.24, 2.45) is 0 Å². The van der Waals surface area contributed by atoms with E-state index in [4.69, 9.17) is 33.1 Å². The zero-order valence-electron chi connectivity index (χ0n) is 29.3. The molecule has 0 N–H and O–H groups in total. The fourth-order valence-electron chi connectivity index (χ4n) is 8.09. The highest BCUT2D eigenvalue weighted by Crippen LogP contribution is 2.54. The van der Waals surface area contributed by atoms with Gasteiger partial charge in [-0.25, -0.2) is 9.97 Å². The van der Waals surface area contributed by atoms with Crippen molar-refractivity contribution in [1.29, 1.82) is 10.5 Å². The van der Waals surface area contributed by atoms with Gasteiger partial charge in [0.2, 0.25) is 11.0 Å². The van der Waals surface area contributed by atoms with E-state index < -0.39 is 0 Å². The van der Waals surface area contributed by atoms with Crippen molar-refractivity contribution in [1.82, 2.24) is 19.9 Å². The number of rotatable bonds is 4. The Balaban J connectivity index is 1.65. The zero-order chi connectivity index (χ0) is 37.9. The van der Waals surface area contributed by atoms with Crippen molar-refractivity contribution >= 4 is 66.0 Å². The quantitative estimate of drug-likeness (QED) is 0.102. The maximum atomic E-state index is 10.3. The molecule has 56 heavy (non-hydrogen) atoms. The highest BCUT2D eigenvalue weighted by atomic mass is 15.0. The molecule has 8 aromatic carbocycles. The van der Waals surface area contributed by atoms with Gasteiger partial charge in [-0.3, -0.25) is 0 Å². The lowest BCUT2D eigenvalue weighted by Gasteiger charge is -2.23. The molecule has 0 aliphatic carbocycles. The van der Waals surface area contributed by atoms with Crippen LogP contribution >= 0.6 is 0 Å². The van der Waals surface area contributed by atoms with Crippen LogP contribution in [0.15, 0.2) is 133 Å². The molecule has 0 aliphatic heterocycles. The maximum absolute atomic E-state index is 10.3. The topological polar surface area (TPSA) is 108 Å². The first-order valence-corrected chi connectivity index (χ1v) is 17.7. The van der Waals surface area contributed by atoms with E-state index in [1.54, 1.807) is 0 Å². The summed E-state index contributed by atoms with van der Waals surface area (Å²) in [5.74, 6) is -0.183. The van der Waals surface area contributed by atoms with Crippen molar-refractivity contribution in [2.75, 3.05) is 0 Å². The van der Waals surface area contributed by atoms with Crippen LogP contribution in [0.5, 0.6) is 0 Å². The third-order valence-corrected chi connectivity index (χ3v) is 10.4. The normalized spacial score (nSPS) is 11.1. The molecule has 0 aliphatic rings. The highest BCUT2D eigenvalue weighted by Gasteiger charge is 2.32. The highest BCUT2D eigenvalue weighted by molar-refractivity contribution is 6.45. The molecule has 0 saturated carbocycles. The van der Waals surface area contributed by atoms with E-state index in [0.29, 0.717) is 22.1 Å². The fraction of sp³-hybridized carbons (Fsp3) is 0. The molecule has 10 aromatic rings. The zero-order valence-corrected chi connectivity index (χ0v) is 29.3. The standard InChI is InChI=1S/C48H22N8/c1-51-47-48(52-2)56-46-40-34(30-21-13-6-14-22-30)24-32(28-17-9-4-10-18-28)38-42(40)41-37(43-44(38)54-36(26-50)35(25-49)53-43)31(27-15-7-3-8-16-27)23-33(39(41)45(46)55-47)29-19-11-5-12-20-29/h3-24H. The molecule has 0 saturated heterocycles. The molecule has 2 heterocycles. The Kier molecular flexibility index (Phi) is 7.19. The average Bonchev–Trinajstić information content (AvgIpc) is 3.28. The predicted octanol–water partition coefficient (Wildman–Crippen LogP) is 12.0. The Morgan fingerprint density at radius 1 is 0.375 bits per heavy atom. The SMILES string of the molecule is [C-]#[N+]c1nc2c(nc1[N+]#[C-])c1c(-c3ccccc3)cc(-c3ccccc3)c3c4nc(C#N)c(C#N)nc4c4c(-c5ccccc5)cc(-c5ccccc5)c2c4c31. The van der Waals surface area contributed by atoms with E-state index in [1.807, 2.05) is 121 Å². The van der Waals surface area contributed by atoms with Gasteiger partial charge in [-0.2, -0.15) is 10.5 Å². The molecular weight excluding hydrogens is 689 g/mol. The summed E-state index contributed by atoms with van der Waals surface area (Å²) in [5.41, 5.74) is 8.71. The first kappa shape index (κ1) is 32.1. The summed E-state index contributed by atoms with van der Waals surface area (Å²) in [7, 11) is 0. The summed E-state index contributed by atoms with van der Waals surface area (Å²) in [6.07, 6.45) is 0. The Labute approximate surface area is 319 Å². The maximum Gasteiger partial charge on any atom is 0.294 e. The van der Waals surface area contributed by atoms with E-state index in [9.17, 15) is 10.5 Å². The number of hydrogen-bond donors (Lipinski definition) is 0. The van der Waals surface area contributed by atoms with Crippen molar-refractivity contribution in [3.8, 4) is 56.6 Å². The van der Waals surface area contributed by atoms with Gasteiger partial charge in [0.05, 0.1) is 11.0 Å². The number of benzene rings is 8. The Morgan fingerprint density at radius 2 is 0.643 bits per heavy atom. The van der Waals surface area contributed by atoms with Crippen LogP contribution < -0.4 is 0 Å². The summed E-state index contributed by atoms with van der Waals surface area (Å²) in [6, 6.07) is 48.5. The Bertz CT molecular complexity index is 2970. The van der Waals surface area contributed by atoms with E-state index >= 15 is 0 Å². The van der Waals surface area contributed by atoms with E-state index in [2.05, 4.69) is 34.0 Å². The van der Waals surface area contributed by atoms with Crippen molar-refractivity contribution in [3.05, 3.63) is 168 Å². The van der Waals surface area contributed by atoms with Gasteiger partial charge in [-0.15, -0.1) is 9.97 Å². The molecule has 0 atom stereocenters. The molecular formula is C48H22N8. The second-order valence-corrected chi connectivity index (χ2v) is 13.3. The molecule has 0 unspecified atom stereocenters. The fourth-order valence-corrected chi connectivity index (χ4v) is 8.09. The Hall–Kier alpha value is -8.56. The number of fused-ring (bicyclic) bond motifs is 6. The monoisotopic (exact) mass is 710 g/mol. The number of nitrogens with zero attached hydrogens (tertiary/aromatic N) is 8. The molecule has 8 heteroatoms. The minimum atomic E-state index is -0.0917. The summed E-state index contributed by atoms with van der Waals surface area (Å²) in [6.45, 7) is 16.1. The molecule has 10 rings (SSSR count). The minimum Gasteiger partial charge on any atom is -0.370 e. The second-order valence-electron chi connectivity index (χ2n) is 13.3. The van der Waals surface area contributed by atoms with Crippen LogP contribution in [0, 0.1) is 35.8 Å². The first-order valence-electron chi connectivity index (χ1n) is 17.7. The molecule has 2 aromatic heterocycles. The second kappa shape index (κ2) is 12.5. The summed E-state index contributed by atoms with van der Waals surface area (Å²) in [4.78, 5) is 27.3. The number of aromatic nitrogens is 4. The minimum absolute atomic E-state index is 0.0787. The largest absolute Gasteiger partial charge is 0.370 e. The van der Waals surface area contributed by atoms with Crippen LogP contribution in [0.2, 0.25) is 0 Å². The number of nitriles is 2. The lowest BCUT2D eigenvalue weighted by Crippen LogP contribution is -2.03. The van der Waals surface area contributed by atoms with Gasteiger partial charge in [0, 0.05) is 32.3 Å². The first-order chi connectivity index (χ1) is 27.6. The predicted molar refractivity (Wildman–Crippen MR) is 220 cm³/mol. The van der Waals surface area contributed by atoms with Crippen molar-refractivity contribution in [2.45, 2.75) is 0 Å². The molecule has 0 fully saturated rings. The van der Waals surface area contributed by atoms with Gasteiger partial charge in [-0.1, -0.05) is 134 Å². The Morgan fingerprint density at radius 3 is 0.893 bits per heavy atom. The summed E-state index contributed by atoms with van der Waals surface area (Å²) in [5, 5.41) is 25.2. The van der Waals surface area contributed by atoms with E-state index in [1.165, 1.54) is 0 Å². The van der Waals surface area contributed by atoms with E-state index in [-0.39, 0.29) is 23.0 Å². The van der Waals surface area contributed by atoms with Gasteiger partial charge < -0.3 is 9.69 Å². The van der Waals surface area contributed by atoms with Crippen LogP contribution in [-0.2, 0) is 0 Å². The van der Waals surface area contributed by atoms with Crippen LogP contribution in [0.3, 0.4) is 0 Å². The molecule has 8 nitrogen and oxygen atoms in total. The lowest BCUT2D eigenvalue weighted by atomic mass is 9.80. The number of hydrogen-bond acceptors (Lipinski definition) is 6. The van der Waals surface area contributed by atoms with Gasteiger partial charge in [0.25, 0.3) is 11.6 Å². The average molecular weight is 711 g/mol. The van der Waals surface area contributed by atoms with Gasteiger partial charge >= 0.3 is 0 Å². The van der Waals surface area contributed by atoms with Gasteiger partial charge in [0.1, 0.15) is 12.1 Å². The molecule has 0 amide bonds. The van der Waals surface area contributed by atoms with Crippen LogP contribution in [0.4, 0.5) is 11.6 Å². The smallest absolute Gasteiger partial charge is 0.294 e. The third-order valence-electron chi connectivity index (χ3n) is 10.4. The van der Waals surface area contributed by atoms with Gasteiger partial charge in [0.15, 0.2) is 11.4 Å². The summed E-state index contributed by atoms with van der Waals surface area (Å²) >= 11 is 0. The molecule has 254 valence electrons. The summed E-state index contributed by atoms with van der Waals surface area (Å²) < 4.78 is 0. The lowest BCUT2D eigenvalue weighted by molar-refractivity contribution is 1.21. The van der Waals surface area contributed by atoms with Crippen LogP contribution in [0.25, 0.3) is 109 Å². The van der Waals surface area contributed by atoms with Crippen LogP contribution in [0.1, 0.15) is 11.4 Å². The molecule has 0 radical (unpaired) electrons. The van der Waals surface area contributed by atoms with Crippen LogP contribution in [-0.4, -0.2) is 19.9 Å². The van der Waals surface area contributed by atoms with Crippen molar-refractivity contribution in [3.63, 3.8) is 0 Å². The van der Waals surface area contributed by atoms with E-state index in [0.717, 1.165) is 76.8 Å². The van der Waals surface area contributed by atoms with Crippen molar-refractivity contribution < 1.29 is 0 Å². The molecule has 0 bridgehead atoms. The third kappa shape index (κ3) is 4.62. The molecule has 0 spiro atoms. The van der Waals surface area contributed by atoms with Gasteiger partial charge in [-0.05, 0) is 56.6 Å².